The van der Waals surface area contributed by atoms with Crippen molar-refractivity contribution >= 4 is 0 Å². The Labute approximate surface area is 207 Å². The molecule has 0 unspecified atom stereocenters. The van der Waals surface area contributed by atoms with E-state index in [4.69, 9.17) is 5.26 Å². The van der Waals surface area contributed by atoms with Gasteiger partial charge in [0.25, 0.3) is 0 Å². The van der Waals surface area contributed by atoms with E-state index in [1.165, 1.54) is 0 Å². The summed E-state index contributed by atoms with van der Waals surface area (Å²) in [6.45, 7) is 0. The third-order valence-corrected chi connectivity index (χ3v) is 4.71. The van der Waals surface area contributed by atoms with Crippen LogP contribution in [0.5, 0.6) is 0 Å². The van der Waals surface area contributed by atoms with Gasteiger partial charge in [0.2, 0.25) is 0 Å². The van der Waals surface area contributed by atoms with E-state index in [0.717, 1.165) is 33.6 Å². The number of hydrogen-bond acceptors (Lipinski definition) is 3. The molecule has 0 N–H and O–H groups in total. The molecule has 0 fully saturated rings. The van der Waals surface area contributed by atoms with Crippen molar-refractivity contribution in [1.29, 1.82) is 5.26 Å². The quantitative estimate of drug-likeness (QED) is 0.218. The molecule has 2 heterocycles. The summed E-state index contributed by atoms with van der Waals surface area (Å²) in [5.74, 6) is 0. The largest absolute Gasteiger partial charge is 0.305 e. The number of benzene rings is 3. The van der Waals surface area contributed by atoms with Crippen molar-refractivity contribution in [3.05, 3.63) is 133 Å². The molecule has 0 amide bonds. The van der Waals surface area contributed by atoms with Gasteiger partial charge in [0.15, 0.2) is 0 Å². The molecule has 1 radical (unpaired) electrons. The summed E-state index contributed by atoms with van der Waals surface area (Å²) >= 11 is 0. The van der Waals surface area contributed by atoms with Gasteiger partial charge in [0.1, 0.15) is 0 Å². The predicted octanol–water partition coefficient (Wildman–Crippen LogP) is 6.63. The fourth-order valence-electron chi connectivity index (χ4n) is 3.11. The van der Waals surface area contributed by atoms with Gasteiger partial charge in [-0.25, -0.2) is 5.26 Å². The number of aromatic nitrogens is 2. The molecule has 0 aliphatic rings. The second-order valence-corrected chi connectivity index (χ2v) is 6.88. The van der Waals surface area contributed by atoms with E-state index in [9.17, 15) is 0 Å². The summed E-state index contributed by atoms with van der Waals surface area (Å²) in [6.07, 6.45) is 3.63. The van der Waals surface area contributed by atoms with E-state index in [2.05, 4.69) is 40.3 Å². The van der Waals surface area contributed by atoms with E-state index >= 15 is 0 Å². The number of pyridine rings is 2. The van der Waals surface area contributed by atoms with Crippen LogP contribution < -0.4 is 0 Å². The smallest absolute Gasteiger partial charge is 0.0261 e. The average Bonchev–Trinajstić information content (AvgIpc) is 2.91. The molecule has 0 saturated heterocycles. The van der Waals surface area contributed by atoms with Crippen molar-refractivity contribution < 1.29 is 20.1 Å². The Morgan fingerprint density at radius 3 is 2.06 bits per heavy atom. The second-order valence-electron chi connectivity index (χ2n) is 6.88. The fraction of sp³-hybridized carbons (Fsp3) is 0. The predicted molar refractivity (Wildman–Crippen MR) is 127 cm³/mol. The normalized spacial score (nSPS) is 9.55. The molecule has 3 aromatic carbocycles. The van der Waals surface area contributed by atoms with Crippen molar-refractivity contribution in [3.63, 3.8) is 0 Å². The third kappa shape index (κ3) is 6.54. The van der Waals surface area contributed by atoms with Crippen LogP contribution in [0.2, 0.25) is 0 Å². The maximum atomic E-state index is 8.90. The van der Waals surface area contributed by atoms with E-state index in [1.54, 1.807) is 12.3 Å². The Balaban J connectivity index is 0.000000202. The van der Waals surface area contributed by atoms with Crippen molar-refractivity contribution in [2.45, 2.75) is 0 Å². The zero-order valence-corrected chi connectivity index (χ0v) is 20.0. The van der Waals surface area contributed by atoms with Gasteiger partial charge in [-0.1, -0.05) is 65.7 Å². The van der Waals surface area contributed by atoms with Gasteiger partial charge in [0, 0.05) is 38.2 Å². The zero-order valence-electron chi connectivity index (χ0n) is 17.6. The first kappa shape index (κ1) is 23.8. The van der Waals surface area contributed by atoms with E-state index in [-0.39, 0.29) is 20.1 Å². The molecule has 4 heteroatoms. The second kappa shape index (κ2) is 12.2. The Morgan fingerprint density at radius 2 is 1.39 bits per heavy atom. The van der Waals surface area contributed by atoms with Gasteiger partial charge in [-0.05, 0) is 29.0 Å². The maximum Gasteiger partial charge on any atom is 0.0261 e. The van der Waals surface area contributed by atoms with Crippen LogP contribution in [-0.4, -0.2) is 9.97 Å². The molecule has 33 heavy (non-hydrogen) atoms. The third-order valence-electron chi connectivity index (χ3n) is 4.71. The Morgan fingerprint density at radius 1 is 0.636 bits per heavy atom. The fourth-order valence-corrected chi connectivity index (χ4v) is 3.11. The molecule has 0 saturated carbocycles. The van der Waals surface area contributed by atoms with Crippen LogP contribution in [-0.2, 0) is 20.1 Å². The molecule has 5 rings (SSSR count). The average molecular weight is 602 g/mol. The Hall–Kier alpha value is -3.90. The Kier molecular flexibility index (Phi) is 8.79. The molecule has 0 aliphatic carbocycles. The molecule has 2 aromatic heterocycles. The van der Waals surface area contributed by atoms with Crippen molar-refractivity contribution in [2.24, 2.45) is 0 Å². The van der Waals surface area contributed by atoms with Crippen LogP contribution >= 0.6 is 0 Å². The number of nitrogens with zero attached hydrogens (tertiary/aromatic N) is 3. The summed E-state index contributed by atoms with van der Waals surface area (Å²) in [5.41, 5.74) is 6.41. The molecule has 0 spiro atoms. The minimum Gasteiger partial charge on any atom is -0.305 e. The minimum atomic E-state index is 0. The van der Waals surface area contributed by atoms with Gasteiger partial charge in [-0.15, -0.1) is 60.2 Å². The number of hydrogen-bond donors (Lipinski definition) is 0. The molecular formula is C29H19IrN3-2. The van der Waals surface area contributed by atoms with E-state index in [0.29, 0.717) is 5.56 Å². The van der Waals surface area contributed by atoms with Gasteiger partial charge >= 0.3 is 0 Å². The summed E-state index contributed by atoms with van der Waals surface area (Å²) in [7, 11) is 0. The summed E-state index contributed by atoms with van der Waals surface area (Å²) < 4.78 is 0. The SMILES string of the molecule is N#Cc1[c-]c(-c2ccc(-c3ccccc3)cn2)ccc1.[Ir].[c-]1ccccc1-c1ccccn1. The number of rotatable bonds is 3. The summed E-state index contributed by atoms with van der Waals surface area (Å²) in [5, 5.41) is 8.90. The summed E-state index contributed by atoms with van der Waals surface area (Å²) in [4.78, 5) is 8.68. The molecular weight excluding hydrogens is 583 g/mol. The van der Waals surface area contributed by atoms with Crippen molar-refractivity contribution in [2.75, 3.05) is 0 Å². The van der Waals surface area contributed by atoms with E-state index in [1.807, 2.05) is 91.1 Å². The van der Waals surface area contributed by atoms with Crippen LogP contribution in [0.1, 0.15) is 5.56 Å². The van der Waals surface area contributed by atoms with Crippen molar-refractivity contribution in [1.82, 2.24) is 9.97 Å². The van der Waals surface area contributed by atoms with Gasteiger partial charge in [-0.3, -0.25) is 4.98 Å². The zero-order chi connectivity index (χ0) is 22.0. The maximum absolute atomic E-state index is 8.90. The Bertz CT molecular complexity index is 1260. The first-order valence-corrected chi connectivity index (χ1v) is 10.2. The number of nitriles is 1. The standard InChI is InChI=1S/C18H11N2.C11H8N.Ir/c19-12-14-5-4-8-16(11-14)18-10-9-17(13-20-18)15-6-2-1-3-7-15;1-2-6-10(7-3-1)11-8-4-5-9-12-11;/h1-10,13H;1-6,8-9H;/q2*-1;. The molecule has 161 valence electrons. The topological polar surface area (TPSA) is 49.6 Å². The first-order chi connectivity index (χ1) is 15.8. The molecule has 5 aromatic rings. The van der Waals surface area contributed by atoms with Gasteiger partial charge < -0.3 is 4.98 Å². The molecule has 0 atom stereocenters. The molecule has 3 nitrogen and oxygen atoms in total. The van der Waals surface area contributed by atoms with Crippen LogP contribution in [0.25, 0.3) is 33.6 Å². The van der Waals surface area contributed by atoms with Crippen LogP contribution in [0.3, 0.4) is 0 Å². The summed E-state index contributed by atoms with van der Waals surface area (Å²) in [6, 6.07) is 41.5. The minimum absolute atomic E-state index is 0. The van der Waals surface area contributed by atoms with Gasteiger partial charge in [-0.2, -0.15) is 0 Å². The van der Waals surface area contributed by atoms with Gasteiger partial charge in [0.05, 0.1) is 0 Å². The van der Waals surface area contributed by atoms with E-state index < -0.39 is 0 Å². The van der Waals surface area contributed by atoms with Crippen LogP contribution in [0, 0.1) is 23.5 Å². The first-order valence-electron chi connectivity index (χ1n) is 10.2. The molecule has 0 aliphatic heterocycles. The molecule has 0 bridgehead atoms. The van der Waals surface area contributed by atoms with Crippen molar-refractivity contribution in [3.8, 4) is 39.7 Å². The van der Waals surface area contributed by atoms with Crippen LogP contribution in [0.15, 0.2) is 116 Å². The monoisotopic (exact) mass is 602 g/mol. The van der Waals surface area contributed by atoms with Crippen LogP contribution in [0.4, 0.5) is 0 Å².